The fourth-order valence-electron chi connectivity index (χ4n) is 6.84. The van der Waals surface area contributed by atoms with Crippen LogP contribution in [0.1, 0.15) is 39.2 Å². The number of aromatic nitrogens is 2. The molecule has 0 saturated heterocycles. The number of hydrogen-bond acceptors (Lipinski definition) is 4. The smallest absolute Gasteiger partial charge is 0.414 e. The van der Waals surface area contributed by atoms with E-state index in [9.17, 15) is 14.0 Å². The minimum Gasteiger partial charge on any atom is -0.444 e. The summed E-state index contributed by atoms with van der Waals surface area (Å²) in [5.41, 5.74) is 5.40. The van der Waals surface area contributed by atoms with E-state index >= 15 is 0 Å². The van der Waals surface area contributed by atoms with Gasteiger partial charge in [-0.25, -0.2) is 14.2 Å². The molecule has 254 valence electrons. The number of aryl methyl sites for hydroxylation is 1. The Labute approximate surface area is 296 Å². The van der Waals surface area contributed by atoms with Crippen LogP contribution < -0.4 is 0 Å². The topological polar surface area (TPSA) is 67.7 Å². The van der Waals surface area contributed by atoms with Crippen molar-refractivity contribution >= 4 is 12.0 Å². The Morgan fingerprint density at radius 3 is 1.80 bits per heavy atom. The molecule has 8 heteroatoms. The van der Waals surface area contributed by atoms with Crippen LogP contribution in [-0.2, 0) is 34.6 Å². The van der Waals surface area contributed by atoms with Gasteiger partial charge in [0, 0.05) is 18.8 Å². The van der Waals surface area contributed by atoms with Crippen LogP contribution in [0.5, 0.6) is 0 Å². The van der Waals surface area contributed by atoms with Crippen LogP contribution in [0.3, 0.4) is 0 Å². The van der Waals surface area contributed by atoms with E-state index in [0.717, 1.165) is 33.6 Å². The Kier molecular flexibility index (Phi) is 9.57. The van der Waals surface area contributed by atoms with E-state index in [4.69, 9.17) is 9.72 Å². The fourth-order valence-corrected chi connectivity index (χ4v) is 6.84. The monoisotopic (exact) mass is 676 g/mol. The molecule has 2 amide bonds. The van der Waals surface area contributed by atoms with Gasteiger partial charge in [0.25, 0.3) is 5.91 Å². The van der Waals surface area contributed by atoms with Gasteiger partial charge in [-0.15, -0.1) is 0 Å². The minimum absolute atomic E-state index is 0.0596. The zero-order valence-corrected chi connectivity index (χ0v) is 28.2. The zero-order chi connectivity index (χ0) is 35.2. The van der Waals surface area contributed by atoms with Crippen molar-refractivity contribution in [2.75, 3.05) is 0 Å². The first-order chi connectivity index (χ1) is 24.9. The molecular weight excluding hydrogens is 639 g/mol. The number of ether oxygens (including phenoxy) is 1. The highest BCUT2D eigenvalue weighted by Gasteiger charge is 2.42. The van der Waals surface area contributed by atoms with Gasteiger partial charge in [-0.2, -0.15) is 0 Å². The van der Waals surface area contributed by atoms with Gasteiger partial charge in [0.1, 0.15) is 24.0 Å². The molecule has 2 heterocycles. The van der Waals surface area contributed by atoms with Crippen LogP contribution in [0.25, 0.3) is 0 Å². The number of imidazole rings is 1. The Bertz CT molecular complexity index is 2020. The summed E-state index contributed by atoms with van der Waals surface area (Å²) in [4.78, 5) is 35.8. The summed E-state index contributed by atoms with van der Waals surface area (Å²) < 4.78 is 21.7. The van der Waals surface area contributed by atoms with Crippen molar-refractivity contribution in [2.24, 2.45) is 0 Å². The van der Waals surface area contributed by atoms with E-state index in [0.29, 0.717) is 5.56 Å². The normalized spacial score (nSPS) is 14.5. The second-order valence-electron chi connectivity index (χ2n) is 12.5. The first kappa shape index (κ1) is 33.2. The molecule has 0 bridgehead atoms. The second kappa shape index (κ2) is 14.7. The predicted octanol–water partition coefficient (Wildman–Crippen LogP) is 8.23. The number of rotatable bonds is 10. The number of carbonyl (C=O) groups is 2. The summed E-state index contributed by atoms with van der Waals surface area (Å²) in [6, 6.07) is 45.3. The lowest BCUT2D eigenvalue weighted by molar-refractivity contribution is -0.135. The van der Waals surface area contributed by atoms with Crippen LogP contribution in [-0.4, -0.2) is 37.4 Å². The van der Waals surface area contributed by atoms with E-state index in [1.54, 1.807) is 29.4 Å². The maximum atomic E-state index is 14.5. The molecule has 1 aliphatic heterocycles. The molecule has 0 saturated carbocycles. The van der Waals surface area contributed by atoms with Crippen molar-refractivity contribution < 1.29 is 18.7 Å². The van der Waals surface area contributed by atoms with Crippen molar-refractivity contribution in [2.45, 2.75) is 38.1 Å². The molecule has 0 spiro atoms. The fraction of sp³-hybridized carbons (Fsp3) is 0.140. The van der Waals surface area contributed by atoms with Gasteiger partial charge in [-0.3, -0.25) is 9.69 Å². The lowest BCUT2D eigenvalue weighted by Crippen LogP contribution is -2.52. The van der Waals surface area contributed by atoms with Gasteiger partial charge in [0.2, 0.25) is 0 Å². The molecule has 1 aromatic heterocycles. The predicted molar refractivity (Wildman–Crippen MR) is 194 cm³/mol. The Morgan fingerprint density at radius 1 is 0.725 bits per heavy atom. The number of halogens is 1. The van der Waals surface area contributed by atoms with Gasteiger partial charge >= 0.3 is 6.09 Å². The molecule has 0 N–H and O–H groups in total. The maximum absolute atomic E-state index is 14.5. The minimum atomic E-state index is -0.928. The zero-order valence-electron chi connectivity index (χ0n) is 28.2. The molecule has 6 aromatic rings. The molecule has 7 nitrogen and oxygen atoms in total. The van der Waals surface area contributed by atoms with Crippen molar-refractivity contribution in [1.82, 2.24) is 19.4 Å². The Balaban J connectivity index is 1.29. The van der Waals surface area contributed by atoms with Crippen LogP contribution in [0.4, 0.5) is 9.18 Å². The molecule has 5 aromatic carbocycles. The number of hydrogen-bond donors (Lipinski definition) is 0. The van der Waals surface area contributed by atoms with Gasteiger partial charge in [0.05, 0.1) is 24.3 Å². The lowest BCUT2D eigenvalue weighted by Gasteiger charge is -2.40. The number of amides is 2. The molecule has 0 fully saturated rings. The van der Waals surface area contributed by atoms with Crippen LogP contribution in [0.2, 0.25) is 0 Å². The van der Waals surface area contributed by atoms with Gasteiger partial charge < -0.3 is 14.2 Å². The first-order valence-corrected chi connectivity index (χ1v) is 16.9. The Hall–Kier alpha value is -6.28. The van der Waals surface area contributed by atoms with Gasteiger partial charge in [-0.1, -0.05) is 133 Å². The SMILES string of the molecule is Cc1ncn(C(c2ccccc2)(c2ccccc2)c2ccccc2)c1CN1C=CN(C(=O)OCc2ccccc2)[C@@H](Cc2ccc(F)cc2)C1=O. The molecule has 1 aliphatic rings. The quantitative estimate of drug-likeness (QED) is 0.137. The van der Waals surface area contributed by atoms with Crippen LogP contribution in [0, 0.1) is 12.7 Å². The molecule has 51 heavy (non-hydrogen) atoms. The average molecular weight is 677 g/mol. The Morgan fingerprint density at radius 2 is 1.25 bits per heavy atom. The molecular formula is C43H37FN4O3. The largest absolute Gasteiger partial charge is 0.444 e. The van der Waals surface area contributed by atoms with Crippen molar-refractivity contribution in [3.8, 4) is 0 Å². The van der Waals surface area contributed by atoms with E-state index in [1.807, 2.05) is 98.2 Å². The van der Waals surface area contributed by atoms with E-state index in [1.165, 1.54) is 17.0 Å². The highest BCUT2D eigenvalue weighted by molar-refractivity contribution is 5.88. The van der Waals surface area contributed by atoms with Crippen molar-refractivity contribution in [3.63, 3.8) is 0 Å². The third-order valence-corrected chi connectivity index (χ3v) is 9.40. The lowest BCUT2D eigenvalue weighted by atomic mass is 9.76. The van der Waals surface area contributed by atoms with E-state index in [2.05, 4.69) is 41.0 Å². The number of benzene rings is 5. The third kappa shape index (κ3) is 6.68. The van der Waals surface area contributed by atoms with E-state index < -0.39 is 17.7 Å². The third-order valence-electron chi connectivity index (χ3n) is 9.40. The van der Waals surface area contributed by atoms with Crippen LogP contribution >= 0.6 is 0 Å². The van der Waals surface area contributed by atoms with Crippen LogP contribution in [0.15, 0.2) is 164 Å². The number of carbonyl (C=O) groups excluding carboxylic acids is 2. The molecule has 0 aliphatic carbocycles. The summed E-state index contributed by atoms with van der Waals surface area (Å²) in [7, 11) is 0. The van der Waals surface area contributed by atoms with Crippen molar-refractivity contribution in [3.05, 3.63) is 209 Å². The van der Waals surface area contributed by atoms with Gasteiger partial charge in [0.15, 0.2) is 0 Å². The maximum Gasteiger partial charge on any atom is 0.414 e. The van der Waals surface area contributed by atoms with E-state index in [-0.39, 0.29) is 31.3 Å². The first-order valence-electron chi connectivity index (χ1n) is 16.9. The second-order valence-corrected chi connectivity index (χ2v) is 12.5. The molecule has 1 atom stereocenters. The molecule has 7 rings (SSSR count). The highest BCUT2D eigenvalue weighted by atomic mass is 19.1. The average Bonchev–Trinajstić information content (AvgIpc) is 3.54. The molecule has 0 unspecified atom stereocenters. The molecule has 0 radical (unpaired) electrons. The summed E-state index contributed by atoms with van der Waals surface area (Å²) in [5.74, 6) is -0.674. The highest BCUT2D eigenvalue weighted by Crippen LogP contribution is 2.42. The van der Waals surface area contributed by atoms with Crippen molar-refractivity contribution in [1.29, 1.82) is 0 Å². The summed E-state index contributed by atoms with van der Waals surface area (Å²) in [6.45, 7) is 2.19. The number of nitrogens with zero attached hydrogens (tertiary/aromatic N) is 4. The summed E-state index contributed by atoms with van der Waals surface area (Å²) in [6.07, 6.45) is 4.59. The van der Waals surface area contributed by atoms with Gasteiger partial charge in [-0.05, 0) is 46.9 Å². The summed E-state index contributed by atoms with van der Waals surface area (Å²) in [5, 5.41) is 0. The standard InChI is InChI=1S/C43H37FN4O3/c1-32-40(48(31-45-32)43(35-16-8-3-9-17-35,36-18-10-4-11-19-36)37-20-12-5-13-21-37)29-46-26-27-47(42(50)51-30-34-14-6-2-7-15-34)39(41(46)49)28-33-22-24-38(44)25-23-33/h2-27,31,39H,28-30H2,1H3/t39-/m0/s1. The summed E-state index contributed by atoms with van der Waals surface area (Å²) >= 11 is 0.